The SMILES string of the molecule is Cc1noc(C)c1CSc1ncccc1C(=O)Nc1cccc(C(=O)NCc2ccccn2)c1. The fourth-order valence-corrected chi connectivity index (χ4v) is 4.38. The first kappa shape index (κ1) is 23.2. The third kappa shape index (κ3) is 5.68. The Kier molecular flexibility index (Phi) is 7.34. The van der Waals surface area contributed by atoms with Gasteiger partial charge in [-0.1, -0.05) is 17.3 Å². The molecule has 1 aromatic carbocycles. The summed E-state index contributed by atoms with van der Waals surface area (Å²) in [4.78, 5) is 34.1. The second-order valence-electron chi connectivity index (χ2n) is 7.49. The number of nitrogens with zero attached hydrogens (tertiary/aromatic N) is 3. The monoisotopic (exact) mass is 473 g/mol. The van der Waals surface area contributed by atoms with Crippen molar-refractivity contribution in [2.75, 3.05) is 5.32 Å². The maximum Gasteiger partial charge on any atom is 0.258 e. The van der Waals surface area contributed by atoms with Gasteiger partial charge in [-0.05, 0) is 56.3 Å². The predicted molar refractivity (Wildman–Crippen MR) is 130 cm³/mol. The molecule has 0 radical (unpaired) electrons. The second kappa shape index (κ2) is 10.8. The van der Waals surface area contributed by atoms with Crippen LogP contribution in [0.2, 0.25) is 0 Å². The number of amides is 2. The third-order valence-electron chi connectivity index (χ3n) is 5.09. The third-order valence-corrected chi connectivity index (χ3v) is 6.12. The number of rotatable bonds is 8. The molecule has 0 saturated carbocycles. The fourth-order valence-electron chi connectivity index (χ4n) is 3.24. The number of carbonyl (C=O) groups excluding carboxylic acids is 2. The van der Waals surface area contributed by atoms with Crippen LogP contribution in [-0.2, 0) is 12.3 Å². The lowest BCUT2D eigenvalue weighted by Gasteiger charge is -2.10. The van der Waals surface area contributed by atoms with Gasteiger partial charge in [-0.3, -0.25) is 14.6 Å². The van der Waals surface area contributed by atoms with Crippen LogP contribution in [0.5, 0.6) is 0 Å². The number of benzene rings is 1. The van der Waals surface area contributed by atoms with Gasteiger partial charge in [0.2, 0.25) is 0 Å². The first-order valence-electron chi connectivity index (χ1n) is 10.6. The number of anilines is 1. The highest BCUT2D eigenvalue weighted by Gasteiger charge is 2.16. The van der Waals surface area contributed by atoms with E-state index in [9.17, 15) is 9.59 Å². The molecule has 3 aromatic heterocycles. The quantitative estimate of drug-likeness (QED) is 0.361. The number of hydrogen-bond acceptors (Lipinski definition) is 7. The average Bonchev–Trinajstić information content (AvgIpc) is 3.19. The lowest BCUT2D eigenvalue weighted by Crippen LogP contribution is -2.23. The van der Waals surface area contributed by atoms with Crippen molar-refractivity contribution >= 4 is 29.3 Å². The van der Waals surface area contributed by atoms with E-state index in [4.69, 9.17) is 4.52 Å². The molecule has 0 atom stereocenters. The normalized spacial score (nSPS) is 10.6. The smallest absolute Gasteiger partial charge is 0.258 e. The molecule has 0 unspecified atom stereocenters. The summed E-state index contributed by atoms with van der Waals surface area (Å²) in [6.45, 7) is 4.07. The summed E-state index contributed by atoms with van der Waals surface area (Å²) < 4.78 is 5.21. The maximum absolute atomic E-state index is 13.0. The zero-order valence-electron chi connectivity index (χ0n) is 18.7. The molecule has 172 valence electrons. The van der Waals surface area contributed by atoms with E-state index in [1.807, 2.05) is 32.0 Å². The molecule has 34 heavy (non-hydrogen) atoms. The van der Waals surface area contributed by atoms with Crippen molar-refractivity contribution in [2.24, 2.45) is 0 Å². The topological polar surface area (TPSA) is 110 Å². The number of hydrogen-bond donors (Lipinski definition) is 2. The van der Waals surface area contributed by atoms with Gasteiger partial charge in [0, 0.05) is 35.0 Å². The molecule has 8 nitrogen and oxygen atoms in total. The van der Waals surface area contributed by atoms with Crippen LogP contribution in [0.25, 0.3) is 0 Å². The van der Waals surface area contributed by atoms with Crippen molar-refractivity contribution in [3.63, 3.8) is 0 Å². The van der Waals surface area contributed by atoms with Crippen LogP contribution in [0.1, 0.15) is 43.4 Å². The van der Waals surface area contributed by atoms with Crippen LogP contribution in [0.3, 0.4) is 0 Å². The Hall–Kier alpha value is -3.98. The van der Waals surface area contributed by atoms with E-state index >= 15 is 0 Å². The lowest BCUT2D eigenvalue weighted by atomic mass is 10.1. The molecule has 2 N–H and O–H groups in total. The van der Waals surface area contributed by atoms with Gasteiger partial charge in [-0.15, -0.1) is 11.8 Å². The number of aromatic nitrogens is 3. The van der Waals surface area contributed by atoms with E-state index < -0.39 is 0 Å². The van der Waals surface area contributed by atoms with Gasteiger partial charge in [-0.2, -0.15) is 0 Å². The Bertz CT molecular complexity index is 1290. The van der Waals surface area contributed by atoms with E-state index in [-0.39, 0.29) is 11.8 Å². The number of nitrogens with one attached hydrogen (secondary N) is 2. The number of thioether (sulfide) groups is 1. The molecule has 9 heteroatoms. The number of carbonyl (C=O) groups is 2. The summed E-state index contributed by atoms with van der Waals surface area (Å²) in [7, 11) is 0. The molecule has 3 heterocycles. The molecule has 0 aliphatic carbocycles. The fraction of sp³-hybridized carbons (Fsp3) is 0.160. The highest BCUT2D eigenvalue weighted by molar-refractivity contribution is 7.98. The van der Waals surface area contributed by atoms with Gasteiger partial charge in [-0.25, -0.2) is 4.98 Å². The van der Waals surface area contributed by atoms with E-state index in [1.54, 1.807) is 48.8 Å². The van der Waals surface area contributed by atoms with E-state index in [1.165, 1.54) is 11.8 Å². The molecule has 0 fully saturated rings. The van der Waals surface area contributed by atoms with Crippen molar-refractivity contribution in [1.29, 1.82) is 0 Å². The van der Waals surface area contributed by atoms with E-state index in [2.05, 4.69) is 25.8 Å². The van der Waals surface area contributed by atoms with Crippen LogP contribution in [0.15, 0.2) is 76.5 Å². The molecule has 0 aliphatic rings. The molecular weight excluding hydrogens is 450 g/mol. The van der Waals surface area contributed by atoms with Gasteiger partial charge in [0.15, 0.2) is 0 Å². The summed E-state index contributed by atoms with van der Waals surface area (Å²) in [5.74, 6) is 0.786. The van der Waals surface area contributed by atoms with Crippen molar-refractivity contribution in [2.45, 2.75) is 31.2 Å². The molecule has 0 aliphatic heterocycles. The Balaban J connectivity index is 1.42. The predicted octanol–water partition coefficient (Wildman–Crippen LogP) is 4.56. The van der Waals surface area contributed by atoms with Gasteiger partial charge in [0.05, 0.1) is 23.5 Å². The van der Waals surface area contributed by atoms with Crippen molar-refractivity contribution in [3.8, 4) is 0 Å². The first-order chi connectivity index (χ1) is 16.5. The van der Waals surface area contributed by atoms with E-state index in [0.717, 1.165) is 22.7 Å². The van der Waals surface area contributed by atoms with Crippen LogP contribution in [0, 0.1) is 13.8 Å². The van der Waals surface area contributed by atoms with Crippen molar-refractivity contribution in [3.05, 3.63) is 101 Å². The average molecular weight is 474 g/mol. The Labute approximate surface area is 201 Å². The van der Waals surface area contributed by atoms with Crippen LogP contribution in [0.4, 0.5) is 5.69 Å². The summed E-state index contributed by atoms with van der Waals surface area (Å²) in [6.07, 6.45) is 3.33. The highest BCUT2D eigenvalue weighted by atomic mass is 32.2. The van der Waals surface area contributed by atoms with Gasteiger partial charge >= 0.3 is 0 Å². The van der Waals surface area contributed by atoms with Crippen LogP contribution in [-0.4, -0.2) is 26.9 Å². The Morgan fingerprint density at radius 2 is 1.82 bits per heavy atom. The van der Waals surface area contributed by atoms with Gasteiger partial charge < -0.3 is 15.2 Å². The highest BCUT2D eigenvalue weighted by Crippen LogP contribution is 2.27. The van der Waals surface area contributed by atoms with E-state index in [0.29, 0.717) is 34.1 Å². The Morgan fingerprint density at radius 1 is 0.971 bits per heavy atom. The number of pyridine rings is 2. The first-order valence-corrected chi connectivity index (χ1v) is 11.6. The second-order valence-corrected chi connectivity index (χ2v) is 8.45. The molecule has 4 aromatic rings. The van der Waals surface area contributed by atoms with Gasteiger partial charge in [0.1, 0.15) is 10.8 Å². The van der Waals surface area contributed by atoms with Crippen LogP contribution >= 0.6 is 11.8 Å². The minimum atomic E-state index is -0.305. The lowest BCUT2D eigenvalue weighted by molar-refractivity contribution is 0.0949. The summed E-state index contributed by atoms with van der Waals surface area (Å²) >= 11 is 1.44. The molecular formula is C25H23N5O3S. The molecule has 2 amide bonds. The maximum atomic E-state index is 13.0. The molecule has 4 rings (SSSR count). The summed E-state index contributed by atoms with van der Waals surface area (Å²) in [5.41, 5.74) is 3.98. The minimum Gasteiger partial charge on any atom is -0.361 e. The summed E-state index contributed by atoms with van der Waals surface area (Å²) in [5, 5.41) is 10.3. The number of aryl methyl sites for hydroxylation is 2. The standard InChI is InChI=1S/C25H23N5O3S/c1-16-22(17(2)33-30-16)15-34-25-21(10-6-12-27-25)24(32)29-19-9-5-7-18(13-19)23(31)28-14-20-8-3-4-11-26-20/h3-13H,14-15H2,1-2H3,(H,28,31)(H,29,32). The van der Waals surface area contributed by atoms with Crippen LogP contribution < -0.4 is 10.6 Å². The zero-order valence-corrected chi connectivity index (χ0v) is 19.6. The Morgan fingerprint density at radius 3 is 2.59 bits per heavy atom. The largest absolute Gasteiger partial charge is 0.361 e. The molecule has 0 spiro atoms. The summed E-state index contributed by atoms with van der Waals surface area (Å²) in [6, 6.07) is 15.8. The van der Waals surface area contributed by atoms with Crippen molar-refractivity contribution in [1.82, 2.24) is 20.4 Å². The molecule has 0 saturated heterocycles. The van der Waals surface area contributed by atoms with Gasteiger partial charge in [0.25, 0.3) is 11.8 Å². The van der Waals surface area contributed by atoms with Crippen molar-refractivity contribution < 1.29 is 14.1 Å². The minimum absolute atomic E-state index is 0.251. The zero-order chi connectivity index (χ0) is 23.9. The molecule has 0 bridgehead atoms.